The summed E-state index contributed by atoms with van der Waals surface area (Å²) in [5.41, 5.74) is 1.84. The minimum atomic E-state index is -0.0396. The molecule has 0 radical (unpaired) electrons. The number of morpholine rings is 1. The van der Waals surface area contributed by atoms with E-state index in [1.54, 1.807) is 11.3 Å². The number of thiophene rings is 1. The van der Waals surface area contributed by atoms with E-state index in [1.807, 2.05) is 6.92 Å². The van der Waals surface area contributed by atoms with Crippen molar-refractivity contribution >= 4 is 22.2 Å². The zero-order valence-electron chi connectivity index (χ0n) is 13.7. The molecular weight excluding hydrogens is 310 g/mol. The van der Waals surface area contributed by atoms with Crippen LogP contribution < -0.4 is 5.32 Å². The maximum atomic E-state index is 12.3. The molecule has 2 atom stereocenters. The van der Waals surface area contributed by atoms with E-state index in [0.29, 0.717) is 24.6 Å². The summed E-state index contributed by atoms with van der Waals surface area (Å²) in [6, 6.07) is 2.30. The largest absolute Gasteiger partial charge is 0.376 e. The molecule has 0 spiro atoms. The second-order valence-electron chi connectivity index (χ2n) is 6.63. The molecule has 2 unspecified atom stereocenters. The molecule has 1 aromatic heterocycles. The lowest BCUT2D eigenvalue weighted by Crippen LogP contribution is -2.44. The van der Waals surface area contributed by atoms with Crippen molar-refractivity contribution in [2.24, 2.45) is 5.92 Å². The predicted molar refractivity (Wildman–Crippen MR) is 90.7 cm³/mol. The number of amides is 1. The van der Waals surface area contributed by atoms with E-state index in [1.165, 1.54) is 4.88 Å². The van der Waals surface area contributed by atoms with Crippen LogP contribution in [0.3, 0.4) is 0 Å². The fourth-order valence-corrected chi connectivity index (χ4v) is 4.74. The van der Waals surface area contributed by atoms with E-state index >= 15 is 0 Å². The molecule has 0 saturated carbocycles. The molecule has 0 aromatic carbocycles. The zero-order valence-corrected chi connectivity index (χ0v) is 14.5. The highest BCUT2D eigenvalue weighted by atomic mass is 32.1. The quantitative estimate of drug-likeness (QED) is 0.922. The maximum absolute atomic E-state index is 12.3. The van der Waals surface area contributed by atoms with Crippen LogP contribution in [0.5, 0.6) is 0 Å². The summed E-state index contributed by atoms with van der Waals surface area (Å²) in [7, 11) is 0. The van der Waals surface area contributed by atoms with Gasteiger partial charge in [-0.05, 0) is 37.7 Å². The molecule has 3 rings (SSSR count). The van der Waals surface area contributed by atoms with Crippen LogP contribution >= 0.6 is 11.3 Å². The fraction of sp³-hybridized carbons (Fsp3) is 0.647. The first-order chi connectivity index (χ1) is 11.1. The Labute approximate surface area is 141 Å². The van der Waals surface area contributed by atoms with Gasteiger partial charge in [0.25, 0.3) is 0 Å². The Hall–Kier alpha value is -1.42. The van der Waals surface area contributed by atoms with Crippen molar-refractivity contribution < 1.29 is 9.53 Å². The number of nitriles is 1. The van der Waals surface area contributed by atoms with Crippen LogP contribution in [-0.2, 0) is 22.4 Å². The van der Waals surface area contributed by atoms with Crippen LogP contribution in [0.1, 0.15) is 36.3 Å². The summed E-state index contributed by atoms with van der Waals surface area (Å²) in [6.45, 7) is 6.85. The number of anilines is 1. The van der Waals surface area contributed by atoms with E-state index in [-0.39, 0.29) is 12.0 Å². The number of nitrogens with zero attached hydrogens (tertiary/aromatic N) is 2. The number of rotatable bonds is 3. The van der Waals surface area contributed by atoms with Gasteiger partial charge in [-0.2, -0.15) is 5.26 Å². The lowest BCUT2D eigenvalue weighted by atomic mass is 9.89. The van der Waals surface area contributed by atoms with Gasteiger partial charge >= 0.3 is 0 Å². The van der Waals surface area contributed by atoms with Gasteiger partial charge in [-0.25, -0.2) is 0 Å². The molecule has 2 aliphatic rings. The number of hydrogen-bond acceptors (Lipinski definition) is 5. The second kappa shape index (κ2) is 7.00. The number of hydrogen-bond donors (Lipinski definition) is 1. The standard InChI is InChI=1S/C17H23N3O2S/c1-11-3-4-13-14(8-18)17(23-15(13)7-11)19-16(21)10-20-5-6-22-12(2)9-20/h11-12H,3-7,9-10H2,1-2H3,(H,19,21). The number of carbonyl (C=O) groups excluding carboxylic acids is 1. The minimum absolute atomic E-state index is 0.0396. The van der Waals surface area contributed by atoms with Gasteiger partial charge in [-0.15, -0.1) is 11.3 Å². The molecule has 5 nitrogen and oxygen atoms in total. The number of nitrogens with one attached hydrogen (secondary N) is 1. The summed E-state index contributed by atoms with van der Waals surface area (Å²) in [5.74, 6) is 0.619. The molecule has 1 aliphatic carbocycles. The molecule has 2 heterocycles. The van der Waals surface area contributed by atoms with Crippen LogP contribution in [-0.4, -0.2) is 43.2 Å². The van der Waals surface area contributed by atoms with Crippen LogP contribution in [0.15, 0.2) is 0 Å². The van der Waals surface area contributed by atoms with Gasteiger partial charge in [-0.1, -0.05) is 6.92 Å². The molecule has 6 heteroatoms. The van der Waals surface area contributed by atoms with E-state index in [0.717, 1.165) is 42.9 Å². The van der Waals surface area contributed by atoms with E-state index in [2.05, 4.69) is 23.2 Å². The van der Waals surface area contributed by atoms with Gasteiger partial charge in [-0.3, -0.25) is 9.69 Å². The average Bonchev–Trinajstić information content (AvgIpc) is 2.82. The molecule has 23 heavy (non-hydrogen) atoms. The normalized spacial score (nSPS) is 24.7. The van der Waals surface area contributed by atoms with E-state index in [9.17, 15) is 10.1 Å². The summed E-state index contributed by atoms with van der Waals surface area (Å²) < 4.78 is 5.50. The SMILES string of the molecule is CC1CCc2c(sc(NC(=O)CN3CCOC(C)C3)c2C#N)C1. The highest BCUT2D eigenvalue weighted by molar-refractivity contribution is 7.16. The molecule has 124 valence electrons. The van der Waals surface area contributed by atoms with Crippen molar-refractivity contribution in [1.82, 2.24) is 4.90 Å². The van der Waals surface area contributed by atoms with Crippen LogP contribution in [0.25, 0.3) is 0 Å². The maximum Gasteiger partial charge on any atom is 0.239 e. The van der Waals surface area contributed by atoms with Crippen molar-refractivity contribution in [2.75, 3.05) is 31.6 Å². The molecule has 1 fully saturated rings. The Kier molecular flexibility index (Phi) is 5.00. The third-order valence-electron chi connectivity index (χ3n) is 4.57. The molecule has 1 N–H and O–H groups in total. The molecule has 1 aliphatic heterocycles. The van der Waals surface area contributed by atoms with Gasteiger partial charge < -0.3 is 10.1 Å². The lowest BCUT2D eigenvalue weighted by Gasteiger charge is -2.30. The second-order valence-corrected chi connectivity index (χ2v) is 7.74. The van der Waals surface area contributed by atoms with Crippen molar-refractivity contribution in [3.63, 3.8) is 0 Å². The van der Waals surface area contributed by atoms with Crippen molar-refractivity contribution in [3.8, 4) is 6.07 Å². The monoisotopic (exact) mass is 333 g/mol. The third kappa shape index (κ3) is 3.74. The Balaban J connectivity index is 1.68. The summed E-state index contributed by atoms with van der Waals surface area (Å²) >= 11 is 1.58. The van der Waals surface area contributed by atoms with Gasteiger partial charge in [0.1, 0.15) is 11.1 Å². The minimum Gasteiger partial charge on any atom is -0.376 e. The topological polar surface area (TPSA) is 65.4 Å². The van der Waals surface area contributed by atoms with Gasteiger partial charge in [0.2, 0.25) is 5.91 Å². The van der Waals surface area contributed by atoms with Crippen molar-refractivity contribution in [1.29, 1.82) is 5.26 Å². The first-order valence-corrected chi connectivity index (χ1v) is 9.07. The molecule has 1 aromatic rings. The lowest BCUT2D eigenvalue weighted by molar-refractivity contribution is -0.119. The average molecular weight is 333 g/mol. The Morgan fingerprint density at radius 2 is 2.35 bits per heavy atom. The van der Waals surface area contributed by atoms with Gasteiger partial charge in [0.15, 0.2) is 0 Å². The zero-order chi connectivity index (χ0) is 16.4. The van der Waals surface area contributed by atoms with Crippen molar-refractivity contribution in [3.05, 3.63) is 16.0 Å². The Bertz CT molecular complexity index is 635. The van der Waals surface area contributed by atoms with E-state index in [4.69, 9.17) is 4.74 Å². The van der Waals surface area contributed by atoms with Gasteiger partial charge in [0.05, 0.1) is 24.8 Å². The van der Waals surface area contributed by atoms with Crippen LogP contribution in [0, 0.1) is 17.2 Å². The van der Waals surface area contributed by atoms with Crippen LogP contribution in [0.2, 0.25) is 0 Å². The highest BCUT2D eigenvalue weighted by Gasteiger charge is 2.25. The van der Waals surface area contributed by atoms with Gasteiger partial charge in [0, 0.05) is 18.0 Å². The number of fused-ring (bicyclic) bond motifs is 1. The molecule has 0 bridgehead atoms. The third-order valence-corrected chi connectivity index (χ3v) is 5.74. The molecular formula is C17H23N3O2S. The van der Waals surface area contributed by atoms with E-state index < -0.39 is 0 Å². The predicted octanol–water partition coefficient (Wildman–Crippen LogP) is 2.40. The Morgan fingerprint density at radius 1 is 1.52 bits per heavy atom. The smallest absolute Gasteiger partial charge is 0.239 e. The van der Waals surface area contributed by atoms with Crippen LogP contribution in [0.4, 0.5) is 5.00 Å². The summed E-state index contributed by atoms with van der Waals surface area (Å²) in [4.78, 5) is 15.7. The van der Waals surface area contributed by atoms with Crippen molar-refractivity contribution in [2.45, 2.75) is 39.2 Å². The summed E-state index contributed by atoms with van der Waals surface area (Å²) in [5, 5.41) is 13.2. The first kappa shape index (κ1) is 16.4. The number of carbonyl (C=O) groups is 1. The Morgan fingerprint density at radius 3 is 3.09 bits per heavy atom. The summed E-state index contributed by atoms with van der Waals surface area (Å²) in [6.07, 6.45) is 3.26. The first-order valence-electron chi connectivity index (χ1n) is 8.25. The fourth-order valence-electron chi connectivity index (χ4n) is 3.36. The molecule has 1 amide bonds. The highest BCUT2D eigenvalue weighted by Crippen LogP contribution is 2.39. The molecule has 1 saturated heterocycles. The number of ether oxygens (including phenoxy) is 1.